The predicted molar refractivity (Wildman–Crippen MR) is 163 cm³/mol. The first-order valence-electron chi connectivity index (χ1n) is 14.2. The van der Waals surface area contributed by atoms with Crippen LogP contribution in [0.15, 0.2) is 83.5 Å². The molecule has 0 bridgehead atoms. The molecule has 1 radical (unpaired) electrons. The highest BCUT2D eigenvalue weighted by Gasteiger charge is 2.37. The molecule has 8 nitrogen and oxygen atoms in total. The maximum atomic E-state index is 13.5. The van der Waals surface area contributed by atoms with Crippen LogP contribution in [0, 0.1) is 13.8 Å². The molecule has 5 N–H and O–H groups in total. The molecule has 3 aromatic rings. The number of aliphatic hydroxyl groups is 1. The number of aryl methyl sites for hydroxylation is 1. The minimum Gasteiger partial charge on any atom is -0.394 e. The molecule has 0 saturated carbocycles. The van der Waals surface area contributed by atoms with Gasteiger partial charge in [-0.3, -0.25) is 14.4 Å². The number of carbonyl (C=O) groups excluding carboxylic acids is 3. The van der Waals surface area contributed by atoms with E-state index >= 15 is 0 Å². The van der Waals surface area contributed by atoms with Crippen LogP contribution in [0.4, 0.5) is 0 Å². The molecule has 3 amide bonds. The first kappa shape index (κ1) is 27.7. The molecule has 1 aliphatic carbocycles. The van der Waals surface area contributed by atoms with Crippen molar-refractivity contribution in [3.05, 3.63) is 117 Å². The first-order valence-corrected chi connectivity index (χ1v) is 15.7. The van der Waals surface area contributed by atoms with E-state index in [0.29, 0.717) is 40.9 Å². The summed E-state index contributed by atoms with van der Waals surface area (Å²) in [7, 11) is -1.69. The monoisotopic (exact) mass is 577 g/mol. The number of amides is 3. The van der Waals surface area contributed by atoms with Crippen LogP contribution in [0.1, 0.15) is 57.8 Å². The van der Waals surface area contributed by atoms with Crippen molar-refractivity contribution in [2.45, 2.75) is 51.4 Å². The molecule has 0 spiro atoms. The zero-order chi connectivity index (χ0) is 29.5. The zero-order valence-electron chi connectivity index (χ0n) is 23.7. The number of fused-ring (bicyclic) bond motifs is 2. The van der Waals surface area contributed by atoms with E-state index in [1.807, 2.05) is 81.4 Å². The largest absolute Gasteiger partial charge is 0.394 e. The third-order valence-electron chi connectivity index (χ3n) is 8.32. The standard InChI is InChI=1S/C33H33N4O4Si/c1-18-27(34-20(3)30(18)33(41)37-42-28-12-8-7-11-22(28)16-29(42)38)17-25-24-15-23(13-14-26(24)36-32(25)40)31(39)35-19(2)21-9-5-4-6-10-21/h4-13,15,17,19,26,29,34,38H,14,16H2,1-3H3,(H,35,39)(H,36,40)(H,37,41)/b25-17-/t19-,26?,29+/m1/s1. The van der Waals surface area contributed by atoms with E-state index < -0.39 is 14.7 Å². The Morgan fingerprint density at radius 2 is 1.81 bits per heavy atom. The SMILES string of the molecule is Cc1[nH]c(/C=C2\C(=O)NC3CC=C(C(=O)N[C@H](C)c4ccccc4)C=C23)c(C)c1C(=O)N[Si]1c2ccccc2C[C@H]1O. The van der Waals surface area contributed by atoms with Crippen molar-refractivity contribution in [3.63, 3.8) is 0 Å². The Morgan fingerprint density at radius 3 is 2.60 bits per heavy atom. The van der Waals surface area contributed by atoms with E-state index in [9.17, 15) is 19.5 Å². The van der Waals surface area contributed by atoms with Crippen LogP contribution < -0.4 is 20.8 Å². The quantitative estimate of drug-likeness (QED) is 0.228. The van der Waals surface area contributed by atoms with Gasteiger partial charge in [-0.2, -0.15) is 0 Å². The third-order valence-corrected chi connectivity index (χ3v) is 10.8. The van der Waals surface area contributed by atoms with Gasteiger partial charge in [-0.05, 0) is 73.2 Å². The van der Waals surface area contributed by atoms with Crippen LogP contribution in [-0.4, -0.2) is 48.5 Å². The van der Waals surface area contributed by atoms with Crippen molar-refractivity contribution in [3.8, 4) is 0 Å². The number of aromatic amines is 1. The second kappa shape index (κ2) is 11.1. The molecule has 9 heteroatoms. The fourth-order valence-corrected chi connectivity index (χ4v) is 8.33. The Bertz CT molecular complexity index is 1690. The molecule has 3 heterocycles. The molecule has 1 unspecified atom stereocenters. The van der Waals surface area contributed by atoms with E-state index in [-0.39, 0.29) is 29.8 Å². The van der Waals surface area contributed by atoms with Crippen molar-refractivity contribution < 1.29 is 19.5 Å². The van der Waals surface area contributed by atoms with Gasteiger partial charge in [0.15, 0.2) is 0 Å². The summed E-state index contributed by atoms with van der Waals surface area (Å²) in [6.07, 6.45) is 6.46. The summed E-state index contributed by atoms with van der Waals surface area (Å²) in [4.78, 5) is 46.0. The van der Waals surface area contributed by atoms with Gasteiger partial charge < -0.3 is 25.7 Å². The number of carbonyl (C=O) groups is 3. The minimum atomic E-state index is -1.69. The van der Waals surface area contributed by atoms with Crippen molar-refractivity contribution in [2.75, 3.05) is 0 Å². The van der Waals surface area contributed by atoms with E-state index in [2.05, 4.69) is 20.6 Å². The van der Waals surface area contributed by atoms with E-state index in [0.717, 1.165) is 27.5 Å². The van der Waals surface area contributed by atoms with Crippen LogP contribution in [0.5, 0.6) is 0 Å². The van der Waals surface area contributed by atoms with Gasteiger partial charge in [0, 0.05) is 22.5 Å². The molecule has 2 aromatic carbocycles. The van der Waals surface area contributed by atoms with Gasteiger partial charge in [-0.15, -0.1) is 0 Å². The lowest BCUT2D eigenvalue weighted by Gasteiger charge is -2.19. The van der Waals surface area contributed by atoms with Crippen LogP contribution >= 0.6 is 0 Å². The molecule has 1 aromatic heterocycles. The summed E-state index contributed by atoms with van der Waals surface area (Å²) in [6, 6.07) is 17.2. The number of hydrogen-bond donors (Lipinski definition) is 5. The molecule has 3 atom stereocenters. The Morgan fingerprint density at radius 1 is 1.07 bits per heavy atom. The highest BCUT2D eigenvalue weighted by molar-refractivity contribution is 6.76. The number of aliphatic hydroxyl groups excluding tert-OH is 1. The second-order valence-corrected chi connectivity index (χ2v) is 13.4. The van der Waals surface area contributed by atoms with Gasteiger partial charge >= 0.3 is 0 Å². The lowest BCUT2D eigenvalue weighted by atomic mass is 9.91. The fourth-order valence-electron chi connectivity index (χ4n) is 6.07. The van der Waals surface area contributed by atoms with Crippen LogP contribution in [0.2, 0.25) is 0 Å². The van der Waals surface area contributed by atoms with Gasteiger partial charge in [-0.25, -0.2) is 0 Å². The van der Waals surface area contributed by atoms with Gasteiger partial charge in [0.2, 0.25) is 14.9 Å². The summed E-state index contributed by atoms with van der Waals surface area (Å²) in [6.45, 7) is 5.62. The third kappa shape index (κ3) is 5.06. The highest BCUT2D eigenvalue weighted by Crippen LogP contribution is 2.32. The summed E-state index contributed by atoms with van der Waals surface area (Å²) in [5, 5.41) is 17.8. The van der Waals surface area contributed by atoms with Crippen molar-refractivity contribution in [1.29, 1.82) is 0 Å². The summed E-state index contributed by atoms with van der Waals surface area (Å²) < 4.78 is 0. The Balaban J connectivity index is 1.23. The van der Waals surface area contributed by atoms with Crippen LogP contribution in [-0.2, 0) is 16.0 Å². The molecular weight excluding hydrogens is 544 g/mol. The van der Waals surface area contributed by atoms with Crippen LogP contribution in [0.3, 0.4) is 0 Å². The summed E-state index contributed by atoms with van der Waals surface area (Å²) in [5.74, 6) is -0.649. The van der Waals surface area contributed by atoms with E-state index in [1.54, 1.807) is 12.2 Å². The van der Waals surface area contributed by atoms with Gasteiger partial charge in [0.25, 0.3) is 11.8 Å². The zero-order valence-corrected chi connectivity index (χ0v) is 24.7. The number of nitrogens with one attached hydrogen (secondary N) is 4. The van der Waals surface area contributed by atoms with Crippen LogP contribution in [0.25, 0.3) is 6.08 Å². The summed E-state index contributed by atoms with van der Waals surface area (Å²) in [5.41, 5.74) is 5.82. The maximum Gasteiger partial charge on any atom is 0.252 e. The summed E-state index contributed by atoms with van der Waals surface area (Å²) >= 11 is 0. The molecule has 1 fully saturated rings. The number of rotatable bonds is 6. The van der Waals surface area contributed by atoms with Crippen molar-refractivity contribution >= 4 is 37.9 Å². The highest BCUT2D eigenvalue weighted by atomic mass is 28.3. The lowest BCUT2D eigenvalue weighted by Crippen LogP contribution is -2.53. The molecular formula is C33H33N4O4Si. The number of benzene rings is 2. The molecule has 3 aliphatic rings. The smallest absolute Gasteiger partial charge is 0.252 e. The predicted octanol–water partition coefficient (Wildman–Crippen LogP) is 2.73. The fraction of sp³-hybridized carbons (Fsp3) is 0.242. The molecule has 213 valence electrons. The average molecular weight is 578 g/mol. The first-order chi connectivity index (χ1) is 20.2. The Labute approximate surface area is 246 Å². The van der Waals surface area contributed by atoms with E-state index in [4.69, 9.17) is 0 Å². The van der Waals surface area contributed by atoms with Gasteiger partial charge in [0.05, 0.1) is 23.4 Å². The number of aromatic nitrogens is 1. The van der Waals surface area contributed by atoms with E-state index in [1.165, 1.54) is 0 Å². The Kier molecular flexibility index (Phi) is 7.30. The lowest BCUT2D eigenvalue weighted by molar-refractivity contribution is -0.118. The number of hydrogen-bond acceptors (Lipinski definition) is 4. The molecule has 6 rings (SSSR count). The molecule has 2 aliphatic heterocycles. The van der Waals surface area contributed by atoms with Gasteiger partial charge in [0.1, 0.15) is 0 Å². The molecule has 42 heavy (non-hydrogen) atoms. The second-order valence-electron chi connectivity index (χ2n) is 11.1. The average Bonchev–Trinajstić information content (AvgIpc) is 3.57. The maximum absolute atomic E-state index is 13.5. The topological polar surface area (TPSA) is 123 Å². The number of H-pyrrole nitrogens is 1. The molecule has 1 saturated heterocycles. The van der Waals surface area contributed by atoms with Crippen molar-refractivity contribution in [2.24, 2.45) is 0 Å². The van der Waals surface area contributed by atoms with Crippen molar-refractivity contribution in [1.82, 2.24) is 20.6 Å². The normalized spacial score (nSPS) is 21.2. The van der Waals surface area contributed by atoms with Gasteiger partial charge in [-0.1, -0.05) is 60.7 Å². The Hall–Kier alpha value is -4.47. The minimum absolute atomic E-state index is 0.163.